The SMILES string of the molecule is CC(C)CCCNc1cc(Br)cc(C(=O)O)c1. The van der Waals surface area contributed by atoms with Gasteiger partial charge in [-0.3, -0.25) is 0 Å². The van der Waals surface area contributed by atoms with Crippen molar-refractivity contribution in [3.8, 4) is 0 Å². The zero-order valence-corrected chi connectivity index (χ0v) is 11.8. The van der Waals surface area contributed by atoms with E-state index in [1.54, 1.807) is 12.1 Å². The van der Waals surface area contributed by atoms with E-state index in [1.165, 1.54) is 6.42 Å². The van der Waals surface area contributed by atoms with E-state index < -0.39 is 5.97 Å². The molecule has 0 amide bonds. The van der Waals surface area contributed by atoms with Gasteiger partial charge in [0.15, 0.2) is 0 Å². The summed E-state index contributed by atoms with van der Waals surface area (Å²) in [5, 5.41) is 12.2. The van der Waals surface area contributed by atoms with Crippen LogP contribution in [0, 0.1) is 5.92 Å². The summed E-state index contributed by atoms with van der Waals surface area (Å²) in [5.74, 6) is -0.203. The van der Waals surface area contributed by atoms with Crippen molar-refractivity contribution in [1.82, 2.24) is 0 Å². The molecule has 0 aromatic heterocycles. The maximum Gasteiger partial charge on any atom is 0.335 e. The number of benzene rings is 1. The third-order valence-corrected chi connectivity index (χ3v) is 2.89. The van der Waals surface area contributed by atoms with Crippen LogP contribution in [-0.4, -0.2) is 17.6 Å². The Balaban J connectivity index is 2.56. The summed E-state index contributed by atoms with van der Waals surface area (Å²) in [6.45, 7) is 5.26. The van der Waals surface area contributed by atoms with Crippen molar-refractivity contribution in [1.29, 1.82) is 0 Å². The van der Waals surface area contributed by atoms with E-state index in [2.05, 4.69) is 35.1 Å². The van der Waals surface area contributed by atoms with Crippen molar-refractivity contribution in [3.05, 3.63) is 28.2 Å². The minimum absolute atomic E-state index is 0.297. The fraction of sp³-hybridized carbons (Fsp3) is 0.462. The zero-order valence-electron chi connectivity index (χ0n) is 10.2. The predicted molar refractivity (Wildman–Crippen MR) is 73.7 cm³/mol. The van der Waals surface area contributed by atoms with Gasteiger partial charge in [0.05, 0.1) is 5.56 Å². The Bertz CT molecular complexity index is 391. The lowest BCUT2D eigenvalue weighted by molar-refractivity contribution is 0.0697. The van der Waals surface area contributed by atoms with Crippen LogP contribution in [0.1, 0.15) is 37.0 Å². The van der Waals surface area contributed by atoms with E-state index in [1.807, 2.05) is 6.07 Å². The van der Waals surface area contributed by atoms with Gasteiger partial charge in [-0.2, -0.15) is 0 Å². The van der Waals surface area contributed by atoms with E-state index >= 15 is 0 Å². The van der Waals surface area contributed by atoms with E-state index in [-0.39, 0.29) is 0 Å². The molecule has 0 aliphatic rings. The highest BCUT2D eigenvalue weighted by molar-refractivity contribution is 9.10. The maximum atomic E-state index is 10.9. The average Bonchev–Trinajstić information content (AvgIpc) is 2.23. The minimum atomic E-state index is -0.906. The highest BCUT2D eigenvalue weighted by Crippen LogP contribution is 2.20. The summed E-state index contributed by atoms with van der Waals surface area (Å²) in [4.78, 5) is 10.9. The van der Waals surface area contributed by atoms with Crippen LogP contribution in [0.25, 0.3) is 0 Å². The summed E-state index contributed by atoms with van der Waals surface area (Å²) in [6.07, 6.45) is 2.26. The lowest BCUT2D eigenvalue weighted by atomic mass is 10.1. The van der Waals surface area contributed by atoms with Crippen molar-refractivity contribution >= 4 is 27.6 Å². The third kappa shape index (κ3) is 5.22. The smallest absolute Gasteiger partial charge is 0.335 e. The normalized spacial score (nSPS) is 10.6. The van der Waals surface area contributed by atoms with Crippen LogP contribution < -0.4 is 5.32 Å². The van der Waals surface area contributed by atoms with Gasteiger partial charge in [0.2, 0.25) is 0 Å². The average molecular weight is 300 g/mol. The van der Waals surface area contributed by atoms with E-state index in [0.29, 0.717) is 11.5 Å². The Morgan fingerprint density at radius 1 is 1.41 bits per heavy atom. The van der Waals surface area contributed by atoms with Crippen molar-refractivity contribution in [2.45, 2.75) is 26.7 Å². The Labute approximate surface area is 110 Å². The Morgan fingerprint density at radius 2 is 2.12 bits per heavy atom. The van der Waals surface area contributed by atoms with Crippen LogP contribution >= 0.6 is 15.9 Å². The van der Waals surface area contributed by atoms with Gasteiger partial charge < -0.3 is 10.4 Å². The molecule has 0 atom stereocenters. The standard InChI is InChI=1S/C13H18BrNO2/c1-9(2)4-3-5-15-12-7-10(13(16)17)6-11(14)8-12/h6-9,15H,3-5H2,1-2H3,(H,16,17). The van der Waals surface area contributed by atoms with Crippen LogP contribution in [-0.2, 0) is 0 Å². The molecule has 0 saturated heterocycles. The van der Waals surface area contributed by atoms with Crippen LogP contribution in [0.2, 0.25) is 0 Å². The predicted octanol–water partition coefficient (Wildman–Crippen LogP) is 4.00. The second-order valence-electron chi connectivity index (χ2n) is 4.50. The van der Waals surface area contributed by atoms with Gasteiger partial charge in [-0.05, 0) is 37.0 Å². The van der Waals surface area contributed by atoms with Crippen LogP contribution in [0.5, 0.6) is 0 Å². The first-order valence-electron chi connectivity index (χ1n) is 5.77. The molecular formula is C13H18BrNO2. The second kappa shape index (κ2) is 6.64. The first kappa shape index (κ1) is 14.0. The molecule has 0 spiro atoms. The zero-order chi connectivity index (χ0) is 12.8. The van der Waals surface area contributed by atoms with Crippen molar-refractivity contribution < 1.29 is 9.90 Å². The molecular weight excluding hydrogens is 282 g/mol. The number of carbonyl (C=O) groups is 1. The van der Waals surface area contributed by atoms with Gasteiger partial charge in [-0.15, -0.1) is 0 Å². The molecule has 0 unspecified atom stereocenters. The van der Waals surface area contributed by atoms with Gasteiger partial charge in [-0.25, -0.2) is 4.79 Å². The molecule has 1 rings (SSSR count). The molecule has 94 valence electrons. The number of halogens is 1. The molecule has 1 aromatic rings. The quantitative estimate of drug-likeness (QED) is 0.781. The van der Waals surface area contributed by atoms with Crippen LogP contribution in [0.15, 0.2) is 22.7 Å². The molecule has 2 N–H and O–H groups in total. The summed E-state index contributed by atoms with van der Waals surface area (Å²) < 4.78 is 0.781. The van der Waals surface area contributed by atoms with Gasteiger partial charge in [-0.1, -0.05) is 29.8 Å². The topological polar surface area (TPSA) is 49.3 Å². The summed E-state index contributed by atoms with van der Waals surface area (Å²) in [5.41, 5.74) is 1.14. The number of carboxylic acids is 1. The number of rotatable bonds is 6. The van der Waals surface area contributed by atoms with E-state index in [9.17, 15) is 4.79 Å². The van der Waals surface area contributed by atoms with Crippen LogP contribution in [0.4, 0.5) is 5.69 Å². The molecule has 0 saturated carbocycles. The lowest BCUT2D eigenvalue weighted by Crippen LogP contribution is -2.04. The summed E-state index contributed by atoms with van der Waals surface area (Å²) >= 11 is 3.31. The second-order valence-corrected chi connectivity index (χ2v) is 5.41. The maximum absolute atomic E-state index is 10.9. The van der Waals surface area contributed by atoms with Crippen molar-refractivity contribution in [2.75, 3.05) is 11.9 Å². The first-order valence-corrected chi connectivity index (χ1v) is 6.56. The Hall–Kier alpha value is -1.03. The van der Waals surface area contributed by atoms with Crippen molar-refractivity contribution in [3.63, 3.8) is 0 Å². The molecule has 0 fully saturated rings. The van der Waals surface area contributed by atoms with Crippen LogP contribution in [0.3, 0.4) is 0 Å². The minimum Gasteiger partial charge on any atom is -0.478 e. The number of hydrogen-bond donors (Lipinski definition) is 2. The lowest BCUT2D eigenvalue weighted by Gasteiger charge is -2.09. The number of anilines is 1. The number of aromatic carboxylic acids is 1. The molecule has 17 heavy (non-hydrogen) atoms. The highest BCUT2D eigenvalue weighted by atomic mass is 79.9. The van der Waals surface area contributed by atoms with E-state index in [0.717, 1.165) is 23.1 Å². The Kier molecular flexibility index (Phi) is 5.48. The molecule has 0 aliphatic heterocycles. The molecule has 0 heterocycles. The van der Waals surface area contributed by atoms with Crippen molar-refractivity contribution in [2.24, 2.45) is 5.92 Å². The fourth-order valence-corrected chi connectivity index (χ4v) is 2.05. The van der Waals surface area contributed by atoms with E-state index in [4.69, 9.17) is 5.11 Å². The fourth-order valence-electron chi connectivity index (χ4n) is 1.56. The van der Waals surface area contributed by atoms with Gasteiger partial charge in [0, 0.05) is 16.7 Å². The van der Waals surface area contributed by atoms with Gasteiger partial charge in [0.25, 0.3) is 0 Å². The number of carboxylic acid groups (broad SMARTS) is 1. The third-order valence-electron chi connectivity index (χ3n) is 2.43. The molecule has 0 aliphatic carbocycles. The number of nitrogens with one attached hydrogen (secondary N) is 1. The molecule has 0 bridgehead atoms. The molecule has 1 aromatic carbocycles. The molecule has 3 nitrogen and oxygen atoms in total. The number of hydrogen-bond acceptors (Lipinski definition) is 2. The summed E-state index contributed by atoms with van der Waals surface area (Å²) in [7, 11) is 0. The highest BCUT2D eigenvalue weighted by Gasteiger charge is 2.05. The largest absolute Gasteiger partial charge is 0.478 e. The Morgan fingerprint density at radius 3 is 2.71 bits per heavy atom. The van der Waals surface area contributed by atoms with Gasteiger partial charge in [0.1, 0.15) is 0 Å². The molecule has 0 radical (unpaired) electrons. The first-order chi connectivity index (χ1) is 7.99. The monoisotopic (exact) mass is 299 g/mol. The summed E-state index contributed by atoms with van der Waals surface area (Å²) in [6, 6.07) is 5.14. The van der Waals surface area contributed by atoms with Gasteiger partial charge >= 0.3 is 5.97 Å². The molecule has 4 heteroatoms.